The molecular weight excluding hydrogens is 202 g/mol. The third-order valence-corrected chi connectivity index (χ3v) is 4.30. The van der Waals surface area contributed by atoms with Gasteiger partial charge in [0, 0.05) is 11.3 Å². The van der Waals surface area contributed by atoms with Gasteiger partial charge in [0.05, 0.1) is 0 Å². The van der Waals surface area contributed by atoms with Gasteiger partial charge in [0.15, 0.2) is 0 Å². The van der Waals surface area contributed by atoms with Gasteiger partial charge >= 0.3 is 0 Å². The van der Waals surface area contributed by atoms with E-state index in [1.807, 2.05) is 11.8 Å². The van der Waals surface area contributed by atoms with E-state index in [9.17, 15) is 0 Å². The lowest BCUT2D eigenvalue weighted by Gasteiger charge is -2.33. The topological polar surface area (TPSA) is 12.0 Å². The van der Waals surface area contributed by atoms with E-state index in [2.05, 4.69) is 42.8 Å². The average molecular weight is 221 g/mol. The molecule has 0 fully saturated rings. The van der Waals surface area contributed by atoms with E-state index in [1.165, 1.54) is 24.0 Å². The molecule has 2 rings (SSSR count). The second-order valence-corrected chi connectivity index (χ2v) is 5.12. The number of nitrogens with one attached hydrogen (secondary N) is 1. The quantitative estimate of drug-likeness (QED) is 0.842. The van der Waals surface area contributed by atoms with Crippen LogP contribution in [0.2, 0.25) is 0 Å². The average Bonchev–Trinajstić information content (AvgIpc) is 2.30. The Labute approximate surface area is 96.7 Å². The summed E-state index contributed by atoms with van der Waals surface area (Å²) in [5, 5.41) is 4.36. The molecule has 0 spiro atoms. The number of hydrogen-bond acceptors (Lipinski definition) is 2. The largest absolute Gasteiger partial charge is 0.309 e. The molecule has 0 saturated carbocycles. The first-order chi connectivity index (χ1) is 7.36. The SMILES string of the molecule is CCNC1c2ccccc2CCC1SC. The molecule has 2 heteroatoms. The van der Waals surface area contributed by atoms with Crippen molar-refractivity contribution in [2.75, 3.05) is 12.8 Å². The summed E-state index contributed by atoms with van der Waals surface area (Å²) in [7, 11) is 0. The third-order valence-electron chi connectivity index (χ3n) is 3.19. The van der Waals surface area contributed by atoms with Crippen LogP contribution in [0.15, 0.2) is 24.3 Å². The summed E-state index contributed by atoms with van der Waals surface area (Å²) in [5.41, 5.74) is 3.05. The van der Waals surface area contributed by atoms with E-state index in [1.54, 1.807) is 0 Å². The monoisotopic (exact) mass is 221 g/mol. The minimum atomic E-state index is 0.551. The number of fused-ring (bicyclic) bond motifs is 1. The first-order valence-electron chi connectivity index (χ1n) is 5.70. The van der Waals surface area contributed by atoms with Crippen LogP contribution in [0.5, 0.6) is 0 Å². The summed E-state index contributed by atoms with van der Waals surface area (Å²) in [4.78, 5) is 0. The van der Waals surface area contributed by atoms with Crippen molar-refractivity contribution in [3.8, 4) is 0 Å². The van der Waals surface area contributed by atoms with Crippen LogP contribution in [0.3, 0.4) is 0 Å². The summed E-state index contributed by atoms with van der Waals surface area (Å²) in [6, 6.07) is 9.42. The zero-order valence-corrected chi connectivity index (χ0v) is 10.3. The zero-order valence-electron chi connectivity index (χ0n) is 9.49. The predicted molar refractivity (Wildman–Crippen MR) is 68.5 cm³/mol. The van der Waals surface area contributed by atoms with Crippen LogP contribution in [0.1, 0.15) is 30.5 Å². The van der Waals surface area contributed by atoms with Gasteiger partial charge < -0.3 is 5.32 Å². The fraction of sp³-hybridized carbons (Fsp3) is 0.538. The second kappa shape index (κ2) is 5.04. The Morgan fingerprint density at radius 3 is 2.93 bits per heavy atom. The highest BCUT2D eigenvalue weighted by Crippen LogP contribution is 2.35. The molecule has 1 aliphatic rings. The molecule has 0 bridgehead atoms. The molecule has 0 heterocycles. The van der Waals surface area contributed by atoms with Crippen LogP contribution in [0.25, 0.3) is 0 Å². The molecule has 0 aromatic heterocycles. The van der Waals surface area contributed by atoms with Crippen molar-refractivity contribution in [2.45, 2.75) is 31.1 Å². The highest BCUT2D eigenvalue weighted by atomic mass is 32.2. The molecule has 0 saturated heterocycles. The molecule has 1 aromatic carbocycles. The summed E-state index contributed by atoms with van der Waals surface area (Å²) in [6.07, 6.45) is 4.77. The molecule has 0 amide bonds. The lowest BCUT2D eigenvalue weighted by molar-refractivity contribution is 0.485. The van der Waals surface area contributed by atoms with Crippen LogP contribution >= 0.6 is 11.8 Å². The van der Waals surface area contributed by atoms with Crippen molar-refractivity contribution in [2.24, 2.45) is 0 Å². The maximum Gasteiger partial charge on any atom is 0.0443 e. The molecule has 0 aliphatic heterocycles. The molecule has 2 unspecified atom stereocenters. The standard InChI is InChI=1S/C13H19NS/c1-3-14-13-11-7-5-4-6-10(11)8-9-12(13)15-2/h4-7,12-14H,3,8-9H2,1-2H3. The van der Waals surface area contributed by atoms with E-state index in [0.717, 1.165) is 11.8 Å². The van der Waals surface area contributed by atoms with Crippen LogP contribution < -0.4 is 5.32 Å². The molecule has 0 radical (unpaired) electrons. The van der Waals surface area contributed by atoms with E-state index in [0.29, 0.717) is 6.04 Å². The summed E-state index contributed by atoms with van der Waals surface area (Å²) in [5.74, 6) is 0. The molecule has 2 atom stereocenters. The van der Waals surface area contributed by atoms with Crippen molar-refractivity contribution in [1.29, 1.82) is 0 Å². The Hall–Kier alpha value is -0.470. The van der Waals surface area contributed by atoms with Gasteiger partial charge in [-0.05, 0) is 36.8 Å². The van der Waals surface area contributed by atoms with Crippen LogP contribution in [-0.4, -0.2) is 18.1 Å². The van der Waals surface area contributed by atoms with Crippen molar-refractivity contribution in [3.63, 3.8) is 0 Å². The first-order valence-corrected chi connectivity index (χ1v) is 6.99. The second-order valence-electron chi connectivity index (χ2n) is 4.05. The van der Waals surface area contributed by atoms with Gasteiger partial charge in [0.1, 0.15) is 0 Å². The Morgan fingerprint density at radius 1 is 1.40 bits per heavy atom. The molecule has 1 aliphatic carbocycles. The molecule has 1 aromatic rings. The highest BCUT2D eigenvalue weighted by Gasteiger charge is 2.27. The van der Waals surface area contributed by atoms with Crippen LogP contribution in [-0.2, 0) is 6.42 Å². The lowest BCUT2D eigenvalue weighted by Crippen LogP contribution is -2.34. The Kier molecular flexibility index (Phi) is 3.71. The van der Waals surface area contributed by atoms with Gasteiger partial charge in [-0.15, -0.1) is 0 Å². The first kappa shape index (κ1) is 11.0. The van der Waals surface area contributed by atoms with Gasteiger partial charge in [-0.1, -0.05) is 31.2 Å². The maximum absolute atomic E-state index is 3.62. The van der Waals surface area contributed by atoms with E-state index in [-0.39, 0.29) is 0 Å². The molecule has 15 heavy (non-hydrogen) atoms. The number of thioether (sulfide) groups is 1. The summed E-state index contributed by atoms with van der Waals surface area (Å²) in [6.45, 7) is 3.24. The van der Waals surface area contributed by atoms with Crippen molar-refractivity contribution in [1.82, 2.24) is 5.32 Å². The number of benzene rings is 1. The van der Waals surface area contributed by atoms with Crippen LogP contribution in [0.4, 0.5) is 0 Å². The molecule has 82 valence electrons. The van der Waals surface area contributed by atoms with Crippen molar-refractivity contribution >= 4 is 11.8 Å². The molecule has 1 nitrogen and oxygen atoms in total. The van der Waals surface area contributed by atoms with Crippen molar-refractivity contribution in [3.05, 3.63) is 35.4 Å². The number of hydrogen-bond donors (Lipinski definition) is 1. The number of rotatable bonds is 3. The molecular formula is C13H19NS. The zero-order chi connectivity index (χ0) is 10.7. The predicted octanol–water partition coefficient (Wildman–Crippen LogP) is 3.02. The molecule has 1 N–H and O–H groups in total. The normalized spacial score (nSPS) is 24.9. The van der Waals surface area contributed by atoms with Crippen LogP contribution in [0, 0.1) is 0 Å². The minimum absolute atomic E-state index is 0.551. The fourth-order valence-corrected chi connectivity index (χ4v) is 3.31. The van der Waals surface area contributed by atoms with E-state index in [4.69, 9.17) is 0 Å². The lowest BCUT2D eigenvalue weighted by atomic mass is 9.87. The summed E-state index contributed by atoms with van der Waals surface area (Å²) < 4.78 is 0. The smallest absolute Gasteiger partial charge is 0.0443 e. The Morgan fingerprint density at radius 2 is 2.20 bits per heavy atom. The Bertz CT molecular complexity index is 324. The third kappa shape index (κ3) is 2.21. The number of aryl methyl sites for hydroxylation is 1. The van der Waals surface area contributed by atoms with Gasteiger partial charge in [-0.2, -0.15) is 11.8 Å². The van der Waals surface area contributed by atoms with E-state index >= 15 is 0 Å². The van der Waals surface area contributed by atoms with E-state index < -0.39 is 0 Å². The maximum atomic E-state index is 3.62. The van der Waals surface area contributed by atoms with Gasteiger partial charge in [-0.3, -0.25) is 0 Å². The fourth-order valence-electron chi connectivity index (χ4n) is 2.45. The van der Waals surface area contributed by atoms with Crippen molar-refractivity contribution < 1.29 is 0 Å². The van der Waals surface area contributed by atoms with Gasteiger partial charge in [0.25, 0.3) is 0 Å². The van der Waals surface area contributed by atoms with Gasteiger partial charge in [0.2, 0.25) is 0 Å². The minimum Gasteiger partial charge on any atom is -0.309 e. The van der Waals surface area contributed by atoms with Gasteiger partial charge in [-0.25, -0.2) is 0 Å². The Balaban J connectivity index is 2.29. The highest BCUT2D eigenvalue weighted by molar-refractivity contribution is 7.99. The summed E-state index contributed by atoms with van der Waals surface area (Å²) >= 11 is 1.99.